The van der Waals surface area contributed by atoms with Gasteiger partial charge in [-0.3, -0.25) is 4.79 Å². The van der Waals surface area contributed by atoms with Gasteiger partial charge in [0, 0.05) is 4.47 Å². The maximum Gasteiger partial charge on any atom is 0.252 e. The van der Waals surface area contributed by atoms with Gasteiger partial charge in [-0.05, 0) is 60.0 Å². The number of carbonyl (C=O) groups excluding carboxylic acids is 1. The molecule has 0 aliphatic carbocycles. The molecule has 2 aromatic carbocycles. The SMILES string of the molecule is Cc1cc(C)c(OCCNC(=O)c2ccccc2Br)c(C)c1. The van der Waals surface area contributed by atoms with Gasteiger partial charge in [-0.1, -0.05) is 29.8 Å². The first-order valence-corrected chi connectivity index (χ1v) is 8.01. The summed E-state index contributed by atoms with van der Waals surface area (Å²) in [6.07, 6.45) is 0. The molecule has 0 atom stereocenters. The van der Waals surface area contributed by atoms with Gasteiger partial charge < -0.3 is 10.1 Å². The summed E-state index contributed by atoms with van der Waals surface area (Å²) in [5, 5.41) is 2.87. The van der Waals surface area contributed by atoms with Gasteiger partial charge in [-0.2, -0.15) is 0 Å². The zero-order valence-electron chi connectivity index (χ0n) is 13.1. The van der Waals surface area contributed by atoms with E-state index >= 15 is 0 Å². The summed E-state index contributed by atoms with van der Waals surface area (Å²) in [5.74, 6) is 0.800. The molecular weight excluding hydrogens is 342 g/mol. The first-order valence-electron chi connectivity index (χ1n) is 7.22. The van der Waals surface area contributed by atoms with Gasteiger partial charge in [0.15, 0.2) is 0 Å². The van der Waals surface area contributed by atoms with E-state index in [1.165, 1.54) is 5.56 Å². The molecule has 1 N–H and O–H groups in total. The Labute approximate surface area is 139 Å². The monoisotopic (exact) mass is 361 g/mol. The summed E-state index contributed by atoms with van der Waals surface area (Å²) in [7, 11) is 0. The van der Waals surface area contributed by atoms with Crippen molar-refractivity contribution in [2.24, 2.45) is 0 Å². The molecule has 0 unspecified atom stereocenters. The standard InChI is InChI=1S/C18H20BrNO2/c1-12-10-13(2)17(14(3)11-12)22-9-8-20-18(21)15-6-4-5-7-16(15)19/h4-7,10-11H,8-9H2,1-3H3,(H,20,21). The molecule has 0 aliphatic heterocycles. The van der Waals surface area contributed by atoms with Crippen LogP contribution in [0.2, 0.25) is 0 Å². The lowest BCUT2D eigenvalue weighted by Crippen LogP contribution is -2.28. The number of ether oxygens (including phenoxy) is 1. The average molecular weight is 362 g/mol. The van der Waals surface area contributed by atoms with Crippen molar-refractivity contribution < 1.29 is 9.53 Å². The first-order chi connectivity index (χ1) is 10.5. The first kappa shape index (κ1) is 16.6. The van der Waals surface area contributed by atoms with Crippen molar-refractivity contribution in [3.63, 3.8) is 0 Å². The summed E-state index contributed by atoms with van der Waals surface area (Å²) < 4.78 is 6.60. The zero-order chi connectivity index (χ0) is 16.1. The number of hydrogen-bond donors (Lipinski definition) is 1. The van der Waals surface area contributed by atoms with E-state index in [2.05, 4.69) is 40.3 Å². The van der Waals surface area contributed by atoms with Crippen LogP contribution in [0.1, 0.15) is 27.0 Å². The molecule has 0 radical (unpaired) electrons. The van der Waals surface area contributed by atoms with Crippen molar-refractivity contribution >= 4 is 21.8 Å². The maximum absolute atomic E-state index is 12.1. The second kappa shape index (κ2) is 7.45. The van der Waals surface area contributed by atoms with Crippen LogP contribution in [-0.4, -0.2) is 19.1 Å². The second-order valence-corrected chi connectivity index (χ2v) is 6.17. The van der Waals surface area contributed by atoms with Gasteiger partial charge >= 0.3 is 0 Å². The summed E-state index contributed by atoms with van der Waals surface area (Å²) in [6.45, 7) is 7.06. The third-order valence-electron chi connectivity index (χ3n) is 3.36. The van der Waals surface area contributed by atoms with E-state index in [0.717, 1.165) is 21.3 Å². The fourth-order valence-electron chi connectivity index (χ4n) is 2.45. The molecule has 1 amide bonds. The molecule has 2 aromatic rings. The van der Waals surface area contributed by atoms with Crippen LogP contribution in [0.4, 0.5) is 0 Å². The van der Waals surface area contributed by atoms with Crippen molar-refractivity contribution in [1.29, 1.82) is 0 Å². The van der Waals surface area contributed by atoms with Crippen LogP contribution >= 0.6 is 15.9 Å². The maximum atomic E-state index is 12.1. The number of rotatable bonds is 5. The number of carbonyl (C=O) groups is 1. The van der Waals surface area contributed by atoms with Gasteiger partial charge in [0.1, 0.15) is 12.4 Å². The Morgan fingerprint density at radius 1 is 1.14 bits per heavy atom. The molecule has 0 aromatic heterocycles. The number of hydrogen-bond acceptors (Lipinski definition) is 2. The van der Waals surface area contributed by atoms with Crippen LogP contribution in [0.25, 0.3) is 0 Å². The highest BCUT2D eigenvalue weighted by Crippen LogP contribution is 2.24. The molecule has 0 bridgehead atoms. The topological polar surface area (TPSA) is 38.3 Å². The Bertz CT molecular complexity index is 660. The molecule has 0 saturated carbocycles. The minimum atomic E-state index is -0.103. The van der Waals surface area contributed by atoms with Gasteiger partial charge in [-0.25, -0.2) is 0 Å². The number of aryl methyl sites for hydroxylation is 3. The molecule has 4 heteroatoms. The Balaban J connectivity index is 1.88. The Hall–Kier alpha value is -1.81. The molecule has 22 heavy (non-hydrogen) atoms. The van der Waals surface area contributed by atoms with E-state index in [9.17, 15) is 4.79 Å². The van der Waals surface area contributed by atoms with Crippen molar-refractivity contribution in [2.75, 3.05) is 13.2 Å². The number of nitrogens with one attached hydrogen (secondary N) is 1. The predicted molar refractivity (Wildman–Crippen MR) is 92.6 cm³/mol. The lowest BCUT2D eigenvalue weighted by Gasteiger charge is -2.13. The largest absolute Gasteiger partial charge is 0.491 e. The van der Waals surface area contributed by atoms with Crippen molar-refractivity contribution in [1.82, 2.24) is 5.32 Å². The molecule has 0 saturated heterocycles. The average Bonchev–Trinajstić information content (AvgIpc) is 2.45. The van der Waals surface area contributed by atoms with Crippen molar-refractivity contribution in [3.05, 3.63) is 63.1 Å². The van der Waals surface area contributed by atoms with E-state index in [1.54, 1.807) is 6.07 Å². The molecule has 2 rings (SSSR count). The number of benzene rings is 2. The Morgan fingerprint density at radius 2 is 1.77 bits per heavy atom. The van der Waals surface area contributed by atoms with E-state index in [4.69, 9.17) is 4.74 Å². The number of amides is 1. The van der Waals surface area contributed by atoms with Crippen molar-refractivity contribution in [3.8, 4) is 5.75 Å². The fraction of sp³-hybridized carbons (Fsp3) is 0.278. The van der Waals surface area contributed by atoms with Gasteiger partial charge in [0.2, 0.25) is 0 Å². The smallest absolute Gasteiger partial charge is 0.252 e. The molecular formula is C18H20BrNO2. The molecule has 0 aliphatic rings. The minimum Gasteiger partial charge on any atom is -0.491 e. The van der Waals surface area contributed by atoms with Crippen LogP contribution < -0.4 is 10.1 Å². The van der Waals surface area contributed by atoms with Gasteiger partial charge in [-0.15, -0.1) is 0 Å². The fourth-order valence-corrected chi connectivity index (χ4v) is 2.92. The van der Waals surface area contributed by atoms with E-state index < -0.39 is 0 Å². The summed E-state index contributed by atoms with van der Waals surface area (Å²) in [5.41, 5.74) is 4.10. The summed E-state index contributed by atoms with van der Waals surface area (Å²) in [4.78, 5) is 12.1. The lowest BCUT2D eigenvalue weighted by atomic mass is 10.1. The zero-order valence-corrected chi connectivity index (χ0v) is 14.7. The quantitative estimate of drug-likeness (QED) is 0.811. The number of halogens is 1. The van der Waals surface area contributed by atoms with Crippen LogP contribution in [0.5, 0.6) is 5.75 Å². The Kier molecular flexibility index (Phi) is 5.61. The third kappa shape index (κ3) is 4.10. The summed E-state index contributed by atoms with van der Waals surface area (Å²) in [6, 6.07) is 11.6. The third-order valence-corrected chi connectivity index (χ3v) is 4.05. The van der Waals surface area contributed by atoms with Crippen molar-refractivity contribution in [2.45, 2.75) is 20.8 Å². The lowest BCUT2D eigenvalue weighted by molar-refractivity contribution is 0.0946. The molecule has 0 spiro atoms. The normalized spacial score (nSPS) is 10.4. The molecule has 0 heterocycles. The Morgan fingerprint density at radius 3 is 2.41 bits per heavy atom. The molecule has 116 valence electrons. The summed E-state index contributed by atoms with van der Waals surface area (Å²) >= 11 is 3.38. The van der Waals surface area contributed by atoms with E-state index in [-0.39, 0.29) is 5.91 Å². The van der Waals surface area contributed by atoms with Crippen LogP contribution in [0.15, 0.2) is 40.9 Å². The van der Waals surface area contributed by atoms with Crippen LogP contribution in [0.3, 0.4) is 0 Å². The van der Waals surface area contributed by atoms with Crippen LogP contribution in [-0.2, 0) is 0 Å². The highest BCUT2D eigenvalue weighted by molar-refractivity contribution is 9.10. The van der Waals surface area contributed by atoms with E-state index in [0.29, 0.717) is 18.7 Å². The van der Waals surface area contributed by atoms with Gasteiger partial charge in [0.25, 0.3) is 5.91 Å². The highest BCUT2D eigenvalue weighted by Gasteiger charge is 2.09. The minimum absolute atomic E-state index is 0.103. The molecule has 3 nitrogen and oxygen atoms in total. The van der Waals surface area contributed by atoms with Gasteiger partial charge in [0.05, 0.1) is 12.1 Å². The van der Waals surface area contributed by atoms with Crippen LogP contribution in [0, 0.1) is 20.8 Å². The highest BCUT2D eigenvalue weighted by atomic mass is 79.9. The predicted octanol–water partition coefficient (Wildman–Crippen LogP) is 4.18. The van der Waals surface area contributed by atoms with E-state index in [1.807, 2.05) is 32.0 Å². The molecule has 0 fully saturated rings. The second-order valence-electron chi connectivity index (χ2n) is 5.31.